The van der Waals surface area contributed by atoms with Gasteiger partial charge in [0.15, 0.2) is 6.61 Å². The van der Waals surface area contributed by atoms with Crippen LogP contribution < -0.4 is 10.1 Å². The Hall–Kier alpha value is -2.67. The van der Waals surface area contributed by atoms with Crippen LogP contribution in [0, 0.1) is 5.82 Å². The highest BCUT2D eigenvalue weighted by atomic mass is 79.9. The van der Waals surface area contributed by atoms with Gasteiger partial charge in [0.25, 0.3) is 5.91 Å². The Kier molecular flexibility index (Phi) is 5.14. The Bertz CT molecular complexity index is 866. The summed E-state index contributed by atoms with van der Waals surface area (Å²) < 4.78 is 24.6. The van der Waals surface area contributed by atoms with Crippen molar-refractivity contribution in [1.29, 1.82) is 0 Å². The van der Waals surface area contributed by atoms with Gasteiger partial charge in [0, 0.05) is 10.0 Å². The standard InChI is InChI=1S/C18H13BrFNO4/c19-13-5-6-15(14(20)8-13)21-17(22)10-25-18(23)12-7-11-3-1-2-4-16(11)24-9-12/h1-8H,9-10H2,(H,21,22). The van der Waals surface area contributed by atoms with Gasteiger partial charge in [-0.3, -0.25) is 4.79 Å². The van der Waals surface area contributed by atoms with Crippen molar-refractivity contribution in [3.63, 3.8) is 0 Å². The predicted molar refractivity (Wildman–Crippen MR) is 93.6 cm³/mol. The number of nitrogens with one attached hydrogen (secondary N) is 1. The number of ether oxygens (including phenoxy) is 2. The lowest BCUT2D eigenvalue weighted by molar-refractivity contribution is -0.143. The number of para-hydroxylation sites is 1. The SMILES string of the molecule is O=C(COC(=O)C1=Cc2ccccc2OC1)Nc1ccc(Br)cc1F. The number of carbonyl (C=O) groups excluding carboxylic acids is 2. The molecule has 128 valence electrons. The van der Waals surface area contributed by atoms with Crippen LogP contribution in [0.1, 0.15) is 5.56 Å². The maximum atomic E-state index is 13.7. The molecule has 1 amide bonds. The molecule has 2 aromatic carbocycles. The number of esters is 1. The highest BCUT2D eigenvalue weighted by Crippen LogP contribution is 2.26. The molecule has 0 aliphatic carbocycles. The van der Waals surface area contributed by atoms with Crippen molar-refractivity contribution < 1.29 is 23.5 Å². The monoisotopic (exact) mass is 405 g/mol. The van der Waals surface area contributed by atoms with E-state index in [0.717, 1.165) is 5.56 Å². The first-order valence-corrected chi connectivity index (χ1v) is 8.16. The summed E-state index contributed by atoms with van der Waals surface area (Å²) in [6.07, 6.45) is 1.66. The van der Waals surface area contributed by atoms with E-state index < -0.39 is 24.3 Å². The number of anilines is 1. The molecule has 1 N–H and O–H groups in total. The third-order valence-corrected chi connectivity index (χ3v) is 3.93. The second-order valence-corrected chi connectivity index (χ2v) is 6.16. The molecule has 5 nitrogen and oxygen atoms in total. The van der Waals surface area contributed by atoms with Crippen LogP contribution in [0.4, 0.5) is 10.1 Å². The van der Waals surface area contributed by atoms with Crippen LogP contribution in [0.15, 0.2) is 52.5 Å². The summed E-state index contributed by atoms with van der Waals surface area (Å²) in [5, 5.41) is 2.35. The molecule has 3 rings (SSSR count). The molecular weight excluding hydrogens is 393 g/mol. The molecule has 1 aliphatic heterocycles. The average Bonchev–Trinajstić information content (AvgIpc) is 2.61. The highest BCUT2D eigenvalue weighted by molar-refractivity contribution is 9.10. The minimum Gasteiger partial charge on any atom is -0.488 e. The fourth-order valence-electron chi connectivity index (χ4n) is 2.23. The first-order valence-electron chi connectivity index (χ1n) is 7.37. The number of benzene rings is 2. The van der Waals surface area contributed by atoms with Crippen LogP contribution in [0.25, 0.3) is 6.08 Å². The molecule has 0 unspecified atom stereocenters. The number of amides is 1. The number of halogens is 2. The fraction of sp³-hybridized carbons (Fsp3) is 0.111. The van der Waals surface area contributed by atoms with Gasteiger partial charge >= 0.3 is 5.97 Å². The van der Waals surface area contributed by atoms with Gasteiger partial charge in [-0.25, -0.2) is 9.18 Å². The quantitative estimate of drug-likeness (QED) is 0.789. The third-order valence-electron chi connectivity index (χ3n) is 3.43. The fourth-order valence-corrected chi connectivity index (χ4v) is 2.57. The summed E-state index contributed by atoms with van der Waals surface area (Å²) in [6, 6.07) is 11.5. The molecule has 7 heteroatoms. The van der Waals surface area contributed by atoms with Crippen molar-refractivity contribution in [3.8, 4) is 5.75 Å². The van der Waals surface area contributed by atoms with E-state index >= 15 is 0 Å². The molecule has 0 aromatic heterocycles. The first kappa shape index (κ1) is 17.2. The Morgan fingerprint density at radius 3 is 2.84 bits per heavy atom. The summed E-state index contributed by atoms with van der Waals surface area (Å²) in [4.78, 5) is 23.9. The summed E-state index contributed by atoms with van der Waals surface area (Å²) in [5.74, 6) is -1.19. The smallest absolute Gasteiger partial charge is 0.338 e. The summed E-state index contributed by atoms with van der Waals surface area (Å²) in [7, 11) is 0. The number of hydrogen-bond donors (Lipinski definition) is 1. The Balaban J connectivity index is 1.57. The van der Waals surface area contributed by atoms with Crippen LogP contribution in [0.2, 0.25) is 0 Å². The summed E-state index contributed by atoms with van der Waals surface area (Å²) >= 11 is 3.13. The van der Waals surface area contributed by atoms with Crippen molar-refractivity contribution in [1.82, 2.24) is 0 Å². The molecule has 2 aromatic rings. The summed E-state index contributed by atoms with van der Waals surface area (Å²) in [6.45, 7) is -0.452. The van der Waals surface area contributed by atoms with Crippen LogP contribution in [0.3, 0.4) is 0 Å². The van der Waals surface area contributed by atoms with E-state index in [2.05, 4.69) is 21.2 Å². The minimum absolute atomic E-state index is 0.0124. The lowest BCUT2D eigenvalue weighted by atomic mass is 10.1. The molecule has 0 fully saturated rings. The molecule has 0 bridgehead atoms. The topological polar surface area (TPSA) is 64.6 Å². The molecule has 0 spiro atoms. The van der Waals surface area contributed by atoms with Gasteiger partial charge in [-0.05, 0) is 30.3 Å². The Morgan fingerprint density at radius 1 is 1.24 bits per heavy atom. The van der Waals surface area contributed by atoms with Gasteiger partial charge in [-0.15, -0.1) is 0 Å². The van der Waals surface area contributed by atoms with Gasteiger partial charge in [0.1, 0.15) is 18.2 Å². The average molecular weight is 406 g/mol. The largest absolute Gasteiger partial charge is 0.488 e. The van der Waals surface area contributed by atoms with Crippen molar-refractivity contribution in [2.75, 3.05) is 18.5 Å². The predicted octanol–water partition coefficient (Wildman–Crippen LogP) is 3.55. The molecule has 25 heavy (non-hydrogen) atoms. The zero-order chi connectivity index (χ0) is 17.8. The molecule has 0 saturated heterocycles. The third kappa shape index (κ3) is 4.24. The van der Waals surface area contributed by atoms with Gasteiger partial charge in [-0.1, -0.05) is 34.1 Å². The van der Waals surface area contributed by atoms with E-state index in [9.17, 15) is 14.0 Å². The Labute approximate surface area is 151 Å². The molecule has 1 heterocycles. The van der Waals surface area contributed by atoms with Crippen LogP contribution in [-0.4, -0.2) is 25.1 Å². The van der Waals surface area contributed by atoms with Gasteiger partial charge in [0.2, 0.25) is 0 Å². The molecule has 0 atom stereocenters. The first-order chi connectivity index (χ1) is 12.0. The second-order valence-electron chi connectivity index (χ2n) is 5.24. The zero-order valence-corrected chi connectivity index (χ0v) is 14.5. The maximum Gasteiger partial charge on any atom is 0.338 e. The molecular formula is C18H13BrFNO4. The molecule has 0 saturated carbocycles. The van der Waals surface area contributed by atoms with Crippen LogP contribution in [0.5, 0.6) is 5.75 Å². The number of rotatable bonds is 4. The van der Waals surface area contributed by atoms with Gasteiger partial charge in [-0.2, -0.15) is 0 Å². The van der Waals surface area contributed by atoms with Gasteiger partial charge < -0.3 is 14.8 Å². The lowest BCUT2D eigenvalue weighted by Crippen LogP contribution is -2.24. The molecule has 1 aliphatic rings. The second kappa shape index (κ2) is 7.48. The number of fused-ring (bicyclic) bond motifs is 1. The minimum atomic E-state index is -0.652. The molecule has 0 radical (unpaired) electrons. The van der Waals surface area contributed by atoms with E-state index in [-0.39, 0.29) is 12.3 Å². The van der Waals surface area contributed by atoms with Gasteiger partial charge in [0.05, 0.1) is 11.3 Å². The zero-order valence-electron chi connectivity index (χ0n) is 12.9. The van der Waals surface area contributed by atoms with Crippen molar-refractivity contribution in [3.05, 3.63) is 63.9 Å². The normalized spacial score (nSPS) is 12.5. The van der Waals surface area contributed by atoms with E-state index in [1.165, 1.54) is 12.1 Å². The number of carbonyl (C=O) groups is 2. The Morgan fingerprint density at radius 2 is 2.04 bits per heavy atom. The van der Waals surface area contributed by atoms with Crippen molar-refractivity contribution in [2.24, 2.45) is 0 Å². The van der Waals surface area contributed by atoms with Crippen LogP contribution in [-0.2, 0) is 14.3 Å². The maximum absolute atomic E-state index is 13.7. The summed E-state index contributed by atoms with van der Waals surface area (Å²) in [5.41, 5.74) is 1.08. The van der Waals surface area contributed by atoms with Crippen molar-refractivity contribution >= 4 is 39.6 Å². The van der Waals surface area contributed by atoms with E-state index in [4.69, 9.17) is 9.47 Å². The van der Waals surface area contributed by atoms with E-state index in [1.54, 1.807) is 18.2 Å². The van der Waals surface area contributed by atoms with Crippen LogP contribution >= 0.6 is 15.9 Å². The lowest BCUT2D eigenvalue weighted by Gasteiger charge is -2.16. The van der Waals surface area contributed by atoms with E-state index in [0.29, 0.717) is 15.8 Å². The van der Waals surface area contributed by atoms with E-state index in [1.807, 2.05) is 18.2 Å². The number of hydrogen-bond acceptors (Lipinski definition) is 4. The highest BCUT2D eigenvalue weighted by Gasteiger charge is 2.19. The van der Waals surface area contributed by atoms with Crippen molar-refractivity contribution in [2.45, 2.75) is 0 Å².